The van der Waals surface area contributed by atoms with Crippen LogP contribution < -0.4 is 5.32 Å². The number of carbonyl (C=O) groups is 1. The zero-order chi connectivity index (χ0) is 15.0. The molecule has 2 fully saturated rings. The summed E-state index contributed by atoms with van der Waals surface area (Å²) in [5.74, 6) is 0.448. The van der Waals surface area contributed by atoms with Crippen molar-refractivity contribution >= 4 is 5.78 Å². The lowest BCUT2D eigenvalue weighted by Gasteiger charge is -2.29. The van der Waals surface area contributed by atoms with Gasteiger partial charge in [-0.25, -0.2) is 0 Å². The van der Waals surface area contributed by atoms with Crippen LogP contribution in [-0.2, 0) is 11.2 Å². The van der Waals surface area contributed by atoms with Gasteiger partial charge in [0.15, 0.2) is 5.78 Å². The number of carbonyl (C=O) groups excluding carboxylic acids is 1. The molecule has 0 radical (unpaired) electrons. The molecule has 1 saturated heterocycles. The maximum atomic E-state index is 12.6. The molecule has 1 saturated carbocycles. The number of piperidine rings is 1. The lowest BCUT2D eigenvalue weighted by molar-refractivity contribution is -0.128. The highest BCUT2D eigenvalue weighted by Crippen LogP contribution is 2.51. The van der Waals surface area contributed by atoms with Crippen LogP contribution >= 0.6 is 0 Å². The smallest absolute Gasteiger partial charge is 0.156 e. The number of benzene rings is 2. The van der Waals surface area contributed by atoms with Crippen LogP contribution in [0, 0.1) is 5.41 Å². The van der Waals surface area contributed by atoms with Crippen molar-refractivity contribution in [3.63, 3.8) is 0 Å². The minimum atomic E-state index is 0.00210. The maximum Gasteiger partial charge on any atom is 0.156 e. The number of hydrogen-bond donors (Lipinski definition) is 1. The number of Topliss-reactive ketones (excluding diaryl/α,β-unsaturated/α-hetero) is 1. The van der Waals surface area contributed by atoms with Gasteiger partial charge >= 0.3 is 0 Å². The van der Waals surface area contributed by atoms with Gasteiger partial charge in [-0.3, -0.25) is 4.79 Å². The number of ketones is 1. The molecule has 1 aliphatic carbocycles. The summed E-state index contributed by atoms with van der Waals surface area (Å²) in [5.41, 5.74) is 3.74. The first-order valence-electron chi connectivity index (χ1n) is 8.19. The molecule has 2 aliphatic rings. The van der Waals surface area contributed by atoms with E-state index in [1.807, 2.05) is 6.07 Å². The fourth-order valence-electron chi connectivity index (χ4n) is 3.63. The molecule has 0 aromatic heterocycles. The van der Waals surface area contributed by atoms with Gasteiger partial charge in [0.25, 0.3) is 0 Å². The van der Waals surface area contributed by atoms with Gasteiger partial charge in [-0.15, -0.1) is 0 Å². The Labute approximate surface area is 131 Å². The molecular formula is C20H21NO. The van der Waals surface area contributed by atoms with Crippen LogP contribution in [0.3, 0.4) is 0 Å². The van der Waals surface area contributed by atoms with Crippen molar-refractivity contribution in [2.75, 3.05) is 6.54 Å². The Hall–Kier alpha value is -1.93. The lowest BCUT2D eigenvalue weighted by Crippen LogP contribution is -2.48. The molecule has 1 atom stereocenters. The Morgan fingerprint density at radius 3 is 2.50 bits per heavy atom. The van der Waals surface area contributed by atoms with Gasteiger partial charge < -0.3 is 5.32 Å². The van der Waals surface area contributed by atoms with E-state index in [0.717, 1.165) is 32.2 Å². The number of rotatable bonds is 3. The van der Waals surface area contributed by atoms with Gasteiger partial charge in [-0.1, -0.05) is 54.6 Å². The molecule has 1 N–H and O–H groups in total. The zero-order valence-electron chi connectivity index (χ0n) is 12.7. The normalized spacial score (nSPS) is 22.7. The molecule has 2 nitrogen and oxygen atoms in total. The standard InChI is InChI=1S/C20H21NO/c22-19-18(21-12-11-20(19)9-10-20)14-15-5-4-8-17(13-15)16-6-2-1-3-7-16/h1-8,13,18,21H,9-12,14H2. The highest BCUT2D eigenvalue weighted by molar-refractivity contribution is 5.93. The van der Waals surface area contributed by atoms with E-state index in [0.29, 0.717) is 5.78 Å². The van der Waals surface area contributed by atoms with Crippen molar-refractivity contribution in [1.82, 2.24) is 5.32 Å². The topological polar surface area (TPSA) is 29.1 Å². The Morgan fingerprint density at radius 2 is 1.73 bits per heavy atom. The first-order chi connectivity index (χ1) is 10.8. The van der Waals surface area contributed by atoms with Crippen LogP contribution in [0.2, 0.25) is 0 Å². The predicted octanol–water partition coefficient (Wildman–Crippen LogP) is 3.61. The van der Waals surface area contributed by atoms with Crippen molar-refractivity contribution < 1.29 is 4.79 Å². The average molecular weight is 291 g/mol. The van der Waals surface area contributed by atoms with Crippen LogP contribution in [0.5, 0.6) is 0 Å². The molecule has 1 aliphatic heterocycles. The summed E-state index contributed by atoms with van der Waals surface area (Å²) in [6.45, 7) is 0.981. The van der Waals surface area contributed by atoms with Gasteiger partial charge in [0, 0.05) is 5.41 Å². The second kappa shape index (κ2) is 5.36. The van der Waals surface area contributed by atoms with E-state index < -0.39 is 0 Å². The quantitative estimate of drug-likeness (QED) is 0.936. The van der Waals surface area contributed by atoms with Crippen LogP contribution in [0.25, 0.3) is 11.1 Å². The van der Waals surface area contributed by atoms with Gasteiger partial charge in [-0.05, 0) is 48.9 Å². The second-order valence-corrected chi connectivity index (χ2v) is 6.67. The third kappa shape index (κ3) is 2.48. The van der Waals surface area contributed by atoms with Crippen molar-refractivity contribution in [1.29, 1.82) is 0 Å². The summed E-state index contributed by atoms with van der Waals surface area (Å²) in [6, 6.07) is 19.0. The van der Waals surface area contributed by atoms with Crippen LogP contribution in [-0.4, -0.2) is 18.4 Å². The minimum Gasteiger partial charge on any atom is -0.307 e. The predicted molar refractivity (Wildman–Crippen MR) is 88.7 cm³/mol. The SMILES string of the molecule is O=C1C(Cc2cccc(-c3ccccc3)c2)NCCC12CC2. The molecule has 2 aromatic rings. The Balaban J connectivity index is 1.55. The van der Waals surface area contributed by atoms with E-state index >= 15 is 0 Å². The first-order valence-corrected chi connectivity index (χ1v) is 8.19. The van der Waals surface area contributed by atoms with Gasteiger partial charge in [-0.2, -0.15) is 0 Å². The first kappa shape index (κ1) is 13.7. The van der Waals surface area contributed by atoms with Crippen molar-refractivity contribution in [3.8, 4) is 11.1 Å². The van der Waals surface area contributed by atoms with E-state index in [1.165, 1.54) is 16.7 Å². The van der Waals surface area contributed by atoms with E-state index in [2.05, 4.69) is 53.8 Å². The van der Waals surface area contributed by atoms with E-state index in [-0.39, 0.29) is 11.5 Å². The van der Waals surface area contributed by atoms with Crippen molar-refractivity contribution in [2.24, 2.45) is 5.41 Å². The zero-order valence-corrected chi connectivity index (χ0v) is 12.7. The Kier molecular flexibility index (Phi) is 3.34. The summed E-state index contributed by atoms with van der Waals surface area (Å²) in [6.07, 6.45) is 4.05. The molecule has 1 unspecified atom stereocenters. The van der Waals surface area contributed by atoms with Gasteiger partial charge in [0.2, 0.25) is 0 Å². The third-order valence-electron chi connectivity index (χ3n) is 5.16. The summed E-state index contributed by atoms with van der Waals surface area (Å²) in [4.78, 5) is 12.6. The Bertz CT molecular complexity index is 688. The minimum absolute atomic E-state index is 0.00210. The van der Waals surface area contributed by atoms with Crippen LogP contribution in [0.1, 0.15) is 24.8 Å². The second-order valence-electron chi connectivity index (χ2n) is 6.67. The maximum absolute atomic E-state index is 12.6. The number of nitrogens with one attached hydrogen (secondary N) is 1. The molecule has 4 rings (SSSR count). The molecule has 2 aromatic carbocycles. The summed E-state index contributed by atoms with van der Waals surface area (Å²) in [5, 5.41) is 3.42. The summed E-state index contributed by atoms with van der Waals surface area (Å²) < 4.78 is 0. The van der Waals surface area contributed by atoms with Gasteiger partial charge in [0.05, 0.1) is 6.04 Å². The van der Waals surface area contributed by atoms with Crippen molar-refractivity contribution in [2.45, 2.75) is 31.7 Å². The number of hydrogen-bond acceptors (Lipinski definition) is 2. The van der Waals surface area contributed by atoms with Crippen molar-refractivity contribution in [3.05, 3.63) is 60.2 Å². The van der Waals surface area contributed by atoms with E-state index in [4.69, 9.17) is 0 Å². The molecule has 112 valence electrons. The molecule has 22 heavy (non-hydrogen) atoms. The van der Waals surface area contributed by atoms with Crippen LogP contribution in [0.15, 0.2) is 54.6 Å². The third-order valence-corrected chi connectivity index (χ3v) is 5.16. The fraction of sp³-hybridized carbons (Fsp3) is 0.350. The Morgan fingerprint density at radius 1 is 0.955 bits per heavy atom. The highest BCUT2D eigenvalue weighted by atomic mass is 16.1. The molecule has 2 heteroatoms. The molecule has 0 amide bonds. The van der Waals surface area contributed by atoms with Crippen LogP contribution in [0.4, 0.5) is 0 Å². The fourth-order valence-corrected chi connectivity index (χ4v) is 3.63. The molecule has 1 spiro atoms. The van der Waals surface area contributed by atoms with E-state index in [1.54, 1.807) is 0 Å². The summed E-state index contributed by atoms with van der Waals surface area (Å²) in [7, 11) is 0. The van der Waals surface area contributed by atoms with E-state index in [9.17, 15) is 4.79 Å². The lowest BCUT2D eigenvalue weighted by atomic mass is 9.85. The molecular weight excluding hydrogens is 270 g/mol. The largest absolute Gasteiger partial charge is 0.307 e. The highest BCUT2D eigenvalue weighted by Gasteiger charge is 2.53. The molecule has 1 heterocycles. The van der Waals surface area contributed by atoms with Gasteiger partial charge in [0.1, 0.15) is 0 Å². The average Bonchev–Trinajstić information content (AvgIpc) is 3.34. The monoisotopic (exact) mass is 291 g/mol. The summed E-state index contributed by atoms with van der Waals surface area (Å²) >= 11 is 0. The molecule has 0 bridgehead atoms.